The standard InChI is InChI=1S/C14H23NO4/c1-3-10-8-11(12(9-10)14(17)18)13(16)15-6-5-7-19-4-2/h4,10-12H,2-3,5-9H2,1H3,(H,15,16)(H,17,18)/t10?,11-,12+/m0/s1. The van der Waals surface area contributed by atoms with Crippen molar-refractivity contribution in [3.05, 3.63) is 12.8 Å². The largest absolute Gasteiger partial charge is 0.502 e. The fraction of sp³-hybridized carbons (Fsp3) is 0.714. The van der Waals surface area contributed by atoms with Gasteiger partial charge in [-0.2, -0.15) is 0 Å². The molecule has 0 saturated heterocycles. The molecule has 1 amide bonds. The third kappa shape index (κ3) is 4.58. The van der Waals surface area contributed by atoms with Gasteiger partial charge in [-0.25, -0.2) is 0 Å². The average molecular weight is 269 g/mol. The van der Waals surface area contributed by atoms with Crippen molar-refractivity contribution in [1.29, 1.82) is 0 Å². The highest BCUT2D eigenvalue weighted by Gasteiger charge is 2.41. The van der Waals surface area contributed by atoms with Crippen LogP contribution in [-0.4, -0.2) is 30.1 Å². The van der Waals surface area contributed by atoms with Crippen LogP contribution in [0.5, 0.6) is 0 Å². The summed E-state index contributed by atoms with van der Waals surface area (Å²) in [5, 5.41) is 12.0. The van der Waals surface area contributed by atoms with Gasteiger partial charge in [0.15, 0.2) is 0 Å². The van der Waals surface area contributed by atoms with Gasteiger partial charge in [0.2, 0.25) is 5.91 Å². The summed E-state index contributed by atoms with van der Waals surface area (Å²) in [7, 11) is 0. The van der Waals surface area contributed by atoms with E-state index >= 15 is 0 Å². The van der Waals surface area contributed by atoms with Crippen molar-refractivity contribution in [2.24, 2.45) is 17.8 Å². The first-order chi connectivity index (χ1) is 9.10. The molecule has 108 valence electrons. The molecule has 0 heterocycles. The third-order valence-electron chi connectivity index (χ3n) is 3.75. The van der Waals surface area contributed by atoms with Gasteiger partial charge in [0.25, 0.3) is 0 Å². The van der Waals surface area contributed by atoms with E-state index in [0.29, 0.717) is 38.3 Å². The number of carbonyl (C=O) groups excluding carboxylic acids is 1. The number of carbonyl (C=O) groups is 2. The van der Waals surface area contributed by atoms with E-state index < -0.39 is 11.9 Å². The normalized spacial score (nSPS) is 25.8. The topological polar surface area (TPSA) is 75.6 Å². The summed E-state index contributed by atoms with van der Waals surface area (Å²) in [6.45, 7) is 6.48. The Morgan fingerprint density at radius 1 is 1.42 bits per heavy atom. The van der Waals surface area contributed by atoms with Crippen LogP contribution in [0.15, 0.2) is 12.8 Å². The number of amides is 1. The van der Waals surface area contributed by atoms with Gasteiger partial charge in [0.1, 0.15) is 0 Å². The van der Waals surface area contributed by atoms with E-state index in [4.69, 9.17) is 4.74 Å². The van der Waals surface area contributed by atoms with Crippen molar-refractivity contribution < 1.29 is 19.4 Å². The Balaban J connectivity index is 2.40. The number of nitrogens with one attached hydrogen (secondary N) is 1. The number of carboxylic acid groups (broad SMARTS) is 1. The molecule has 0 aliphatic heterocycles. The second kappa shape index (κ2) is 7.81. The van der Waals surface area contributed by atoms with Gasteiger partial charge in [-0.1, -0.05) is 19.9 Å². The summed E-state index contributed by atoms with van der Waals surface area (Å²) < 4.78 is 4.95. The number of hydrogen-bond donors (Lipinski definition) is 2. The van der Waals surface area contributed by atoms with Crippen LogP contribution in [-0.2, 0) is 14.3 Å². The van der Waals surface area contributed by atoms with Crippen molar-refractivity contribution in [2.75, 3.05) is 13.2 Å². The minimum Gasteiger partial charge on any atom is -0.502 e. The molecular weight excluding hydrogens is 246 g/mol. The molecule has 5 heteroatoms. The average Bonchev–Trinajstić information content (AvgIpc) is 2.82. The van der Waals surface area contributed by atoms with Crippen LogP contribution in [0, 0.1) is 17.8 Å². The first-order valence-electron chi connectivity index (χ1n) is 6.83. The zero-order valence-electron chi connectivity index (χ0n) is 11.4. The molecule has 0 aromatic rings. The van der Waals surface area contributed by atoms with Crippen LogP contribution >= 0.6 is 0 Å². The smallest absolute Gasteiger partial charge is 0.307 e. The van der Waals surface area contributed by atoms with E-state index in [9.17, 15) is 14.7 Å². The zero-order chi connectivity index (χ0) is 14.3. The van der Waals surface area contributed by atoms with E-state index in [0.717, 1.165) is 6.42 Å². The van der Waals surface area contributed by atoms with Crippen LogP contribution in [0.3, 0.4) is 0 Å². The zero-order valence-corrected chi connectivity index (χ0v) is 11.4. The molecular formula is C14H23NO4. The van der Waals surface area contributed by atoms with E-state index in [1.165, 1.54) is 6.26 Å². The maximum Gasteiger partial charge on any atom is 0.307 e. The second-order valence-corrected chi connectivity index (χ2v) is 4.98. The molecule has 1 aliphatic carbocycles. The lowest BCUT2D eigenvalue weighted by atomic mass is 9.95. The summed E-state index contributed by atoms with van der Waals surface area (Å²) >= 11 is 0. The lowest BCUT2D eigenvalue weighted by Gasteiger charge is -2.15. The fourth-order valence-electron chi connectivity index (χ4n) is 2.62. The minimum absolute atomic E-state index is 0.137. The number of rotatable bonds is 8. The summed E-state index contributed by atoms with van der Waals surface area (Å²) in [6, 6.07) is 0. The molecule has 0 bridgehead atoms. The van der Waals surface area contributed by atoms with Gasteiger partial charge in [-0.05, 0) is 25.2 Å². The predicted molar refractivity (Wildman–Crippen MR) is 71.4 cm³/mol. The third-order valence-corrected chi connectivity index (χ3v) is 3.75. The van der Waals surface area contributed by atoms with Crippen molar-refractivity contribution in [3.8, 4) is 0 Å². The van der Waals surface area contributed by atoms with E-state index in [2.05, 4.69) is 11.9 Å². The molecule has 3 atom stereocenters. The molecule has 0 spiro atoms. The van der Waals surface area contributed by atoms with Gasteiger partial charge in [0.05, 0.1) is 24.7 Å². The van der Waals surface area contributed by atoms with Gasteiger partial charge in [0, 0.05) is 6.54 Å². The van der Waals surface area contributed by atoms with Crippen LogP contribution in [0.25, 0.3) is 0 Å². The van der Waals surface area contributed by atoms with Gasteiger partial charge >= 0.3 is 5.97 Å². The Bertz CT molecular complexity index is 329. The molecule has 0 aromatic heterocycles. The number of ether oxygens (including phenoxy) is 1. The van der Waals surface area contributed by atoms with Crippen LogP contribution in [0.4, 0.5) is 0 Å². The lowest BCUT2D eigenvalue weighted by molar-refractivity contribution is -0.146. The maximum atomic E-state index is 12.0. The Morgan fingerprint density at radius 3 is 2.68 bits per heavy atom. The summed E-state index contributed by atoms with van der Waals surface area (Å²) in [6.07, 6.45) is 4.29. The number of carboxylic acids is 1. The molecule has 5 nitrogen and oxygen atoms in total. The molecule has 1 rings (SSSR count). The van der Waals surface area contributed by atoms with E-state index in [-0.39, 0.29) is 11.8 Å². The highest BCUT2D eigenvalue weighted by molar-refractivity contribution is 5.85. The minimum atomic E-state index is -0.855. The quantitative estimate of drug-likeness (QED) is 0.520. The summed E-state index contributed by atoms with van der Waals surface area (Å²) in [5.41, 5.74) is 0. The first kappa shape index (κ1) is 15.5. The van der Waals surface area contributed by atoms with Gasteiger partial charge < -0.3 is 15.2 Å². The highest BCUT2D eigenvalue weighted by Crippen LogP contribution is 2.38. The van der Waals surface area contributed by atoms with Crippen molar-refractivity contribution in [1.82, 2.24) is 5.32 Å². The number of hydrogen-bond acceptors (Lipinski definition) is 3. The molecule has 1 fully saturated rings. The SMILES string of the molecule is C=COCCCNC(=O)[C@H]1CC(CC)C[C@H]1C(=O)O. The molecule has 19 heavy (non-hydrogen) atoms. The van der Waals surface area contributed by atoms with Gasteiger partial charge in [-0.3, -0.25) is 9.59 Å². The van der Waals surface area contributed by atoms with Crippen LogP contribution in [0.2, 0.25) is 0 Å². The van der Waals surface area contributed by atoms with Crippen LogP contribution in [0.1, 0.15) is 32.6 Å². The highest BCUT2D eigenvalue weighted by atomic mass is 16.5. The Labute approximate surface area is 114 Å². The summed E-state index contributed by atoms with van der Waals surface area (Å²) in [5.74, 6) is -1.56. The fourth-order valence-corrected chi connectivity index (χ4v) is 2.62. The number of aliphatic carboxylic acids is 1. The van der Waals surface area contributed by atoms with Crippen molar-refractivity contribution in [2.45, 2.75) is 32.6 Å². The lowest BCUT2D eigenvalue weighted by Crippen LogP contribution is -2.36. The molecule has 1 saturated carbocycles. The molecule has 0 aromatic carbocycles. The van der Waals surface area contributed by atoms with E-state index in [1.807, 2.05) is 6.92 Å². The molecule has 1 unspecified atom stereocenters. The summed E-state index contributed by atoms with van der Waals surface area (Å²) in [4.78, 5) is 23.2. The Kier molecular flexibility index (Phi) is 6.39. The molecule has 2 N–H and O–H groups in total. The molecule has 0 radical (unpaired) electrons. The Hall–Kier alpha value is -1.52. The Morgan fingerprint density at radius 2 is 2.11 bits per heavy atom. The van der Waals surface area contributed by atoms with Crippen molar-refractivity contribution in [3.63, 3.8) is 0 Å². The predicted octanol–water partition coefficient (Wildman–Crippen LogP) is 1.79. The second-order valence-electron chi connectivity index (χ2n) is 4.98. The molecule has 1 aliphatic rings. The van der Waals surface area contributed by atoms with Crippen LogP contribution < -0.4 is 5.32 Å². The first-order valence-corrected chi connectivity index (χ1v) is 6.83. The monoisotopic (exact) mass is 269 g/mol. The maximum absolute atomic E-state index is 12.0. The van der Waals surface area contributed by atoms with Gasteiger partial charge in [-0.15, -0.1) is 0 Å². The van der Waals surface area contributed by atoms with Crippen molar-refractivity contribution >= 4 is 11.9 Å². The van der Waals surface area contributed by atoms with E-state index in [1.54, 1.807) is 0 Å².